The first-order valence-corrected chi connectivity index (χ1v) is 17.0. The highest BCUT2D eigenvalue weighted by molar-refractivity contribution is 8.00. The van der Waals surface area contributed by atoms with Gasteiger partial charge in [-0.3, -0.25) is 19.6 Å². The van der Waals surface area contributed by atoms with Gasteiger partial charge in [-0.25, -0.2) is 18.7 Å². The number of halogens is 2. The number of carbonyl (C=O) groups is 2. The predicted octanol–water partition coefficient (Wildman–Crippen LogP) is 5.06. The minimum absolute atomic E-state index is 0.0217. The van der Waals surface area contributed by atoms with E-state index in [9.17, 15) is 18.4 Å². The number of anilines is 2. The fraction of sp³-hybridized carbons (Fsp3) is 0.286. The first-order valence-electron chi connectivity index (χ1n) is 15.7. The van der Waals surface area contributed by atoms with Crippen molar-refractivity contribution in [1.82, 2.24) is 30.0 Å². The number of amides is 2. The second-order valence-electron chi connectivity index (χ2n) is 12.1. The van der Waals surface area contributed by atoms with Gasteiger partial charge in [0.25, 0.3) is 0 Å². The lowest BCUT2D eigenvalue weighted by atomic mass is 10.1. The maximum atomic E-state index is 14.9. The number of thioether (sulfide) groups is 1. The first kappa shape index (κ1) is 31.7. The molecule has 1 atom stereocenters. The molecule has 0 bridgehead atoms. The van der Waals surface area contributed by atoms with Gasteiger partial charge in [0.05, 0.1) is 23.3 Å². The van der Waals surface area contributed by atoms with Crippen molar-refractivity contribution >= 4 is 45.9 Å². The second-order valence-corrected chi connectivity index (χ2v) is 13.2. The van der Waals surface area contributed by atoms with Gasteiger partial charge in [-0.05, 0) is 79.4 Å². The van der Waals surface area contributed by atoms with Gasteiger partial charge in [0.2, 0.25) is 11.8 Å². The molecule has 2 saturated heterocycles. The van der Waals surface area contributed by atoms with Crippen molar-refractivity contribution in [3.05, 3.63) is 90.8 Å². The molecule has 2 amide bonds. The largest absolute Gasteiger partial charge is 0.368 e. The van der Waals surface area contributed by atoms with Crippen LogP contribution in [0.4, 0.5) is 20.2 Å². The Hall–Kier alpha value is -4.88. The summed E-state index contributed by atoms with van der Waals surface area (Å²) in [5.74, 6) is -0.450. The fourth-order valence-electron chi connectivity index (χ4n) is 6.43. The summed E-state index contributed by atoms with van der Waals surface area (Å²) in [6.45, 7) is 3.56. The fourth-order valence-corrected chi connectivity index (χ4v) is 7.27. The maximum absolute atomic E-state index is 14.9. The van der Waals surface area contributed by atoms with E-state index in [1.165, 1.54) is 30.0 Å². The van der Waals surface area contributed by atoms with Crippen molar-refractivity contribution in [1.29, 1.82) is 0 Å². The Kier molecular flexibility index (Phi) is 8.80. The monoisotopic (exact) mass is 668 g/mol. The van der Waals surface area contributed by atoms with Crippen LogP contribution in [0.1, 0.15) is 6.42 Å². The van der Waals surface area contributed by atoms with E-state index in [0.29, 0.717) is 68.5 Å². The minimum Gasteiger partial charge on any atom is -0.368 e. The van der Waals surface area contributed by atoms with Crippen LogP contribution >= 0.6 is 11.8 Å². The molecule has 13 heteroatoms. The molecule has 246 valence electrons. The topological polar surface area (TPSA) is 110 Å². The van der Waals surface area contributed by atoms with Gasteiger partial charge in [-0.1, -0.05) is 0 Å². The van der Waals surface area contributed by atoms with E-state index in [4.69, 9.17) is 0 Å². The SMILES string of the molecule is CS[C@@]1(C(=O)Nc2ccc3[nH]nc(-c4ccc(F)cc4)c3c2)CCN(CC(=O)N2CCN(c3ccc(-c4ncccn4)c(F)c3)CC2)C1. The van der Waals surface area contributed by atoms with Crippen LogP contribution in [0.15, 0.2) is 79.1 Å². The number of aromatic nitrogens is 4. The molecule has 0 aliphatic carbocycles. The quantitative estimate of drug-likeness (QED) is 0.236. The molecule has 0 saturated carbocycles. The third-order valence-electron chi connectivity index (χ3n) is 9.17. The lowest BCUT2D eigenvalue weighted by molar-refractivity contribution is -0.132. The summed E-state index contributed by atoms with van der Waals surface area (Å²) in [5.41, 5.74) is 4.00. The highest BCUT2D eigenvalue weighted by Gasteiger charge is 2.45. The number of carbonyl (C=O) groups excluding carboxylic acids is 2. The number of benzene rings is 3. The number of nitrogens with one attached hydrogen (secondary N) is 2. The molecule has 0 radical (unpaired) electrons. The number of H-pyrrole nitrogens is 1. The third kappa shape index (κ3) is 6.35. The summed E-state index contributed by atoms with van der Waals surface area (Å²) in [6.07, 6.45) is 5.71. The molecule has 0 spiro atoms. The van der Waals surface area contributed by atoms with Crippen LogP contribution in [0.2, 0.25) is 0 Å². The van der Waals surface area contributed by atoms with Crippen LogP contribution in [0.25, 0.3) is 33.5 Å². The molecule has 2 aromatic heterocycles. The summed E-state index contributed by atoms with van der Waals surface area (Å²) in [5, 5.41) is 11.3. The zero-order chi connectivity index (χ0) is 33.3. The molecule has 10 nitrogen and oxygen atoms in total. The van der Waals surface area contributed by atoms with Gasteiger partial charge < -0.3 is 15.1 Å². The van der Waals surface area contributed by atoms with E-state index < -0.39 is 4.75 Å². The molecule has 0 unspecified atom stereocenters. The maximum Gasteiger partial charge on any atom is 0.241 e. The Morgan fingerprint density at radius 1 is 0.958 bits per heavy atom. The molecule has 5 aromatic rings. The van der Waals surface area contributed by atoms with E-state index >= 15 is 0 Å². The van der Waals surface area contributed by atoms with Crippen molar-refractivity contribution in [3.63, 3.8) is 0 Å². The van der Waals surface area contributed by atoms with E-state index in [-0.39, 0.29) is 30.0 Å². The number of rotatable bonds is 8. The first-order chi connectivity index (χ1) is 23.3. The lowest BCUT2D eigenvalue weighted by Gasteiger charge is -2.37. The Bertz CT molecular complexity index is 1950. The number of piperazine rings is 1. The molecule has 3 aromatic carbocycles. The Balaban J connectivity index is 0.946. The smallest absolute Gasteiger partial charge is 0.241 e. The summed E-state index contributed by atoms with van der Waals surface area (Å²) < 4.78 is 27.7. The van der Waals surface area contributed by atoms with Crippen molar-refractivity contribution in [2.45, 2.75) is 11.2 Å². The molecule has 2 N–H and O–H groups in total. The summed E-state index contributed by atoms with van der Waals surface area (Å²) >= 11 is 1.50. The number of aromatic amines is 1. The van der Waals surface area contributed by atoms with Crippen LogP contribution in [0, 0.1) is 11.6 Å². The number of nitrogens with zero attached hydrogens (tertiary/aromatic N) is 6. The minimum atomic E-state index is -0.703. The highest BCUT2D eigenvalue weighted by atomic mass is 32.2. The van der Waals surface area contributed by atoms with E-state index in [1.54, 1.807) is 36.7 Å². The molecule has 2 fully saturated rings. The molecular weight excluding hydrogens is 635 g/mol. The molecule has 2 aliphatic rings. The van der Waals surface area contributed by atoms with Crippen LogP contribution in [-0.4, -0.2) is 98.6 Å². The van der Waals surface area contributed by atoms with E-state index in [1.807, 2.05) is 35.4 Å². The van der Waals surface area contributed by atoms with Crippen LogP contribution in [0.5, 0.6) is 0 Å². The summed E-state index contributed by atoms with van der Waals surface area (Å²) in [6, 6.07) is 18.5. The second kappa shape index (κ2) is 13.3. The predicted molar refractivity (Wildman–Crippen MR) is 184 cm³/mol. The van der Waals surface area contributed by atoms with Crippen LogP contribution in [0.3, 0.4) is 0 Å². The lowest BCUT2D eigenvalue weighted by Crippen LogP contribution is -2.51. The molecular formula is C35H34F2N8O2S. The van der Waals surface area contributed by atoms with E-state index in [2.05, 4.69) is 35.3 Å². The van der Waals surface area contributed by atoms with Gasteiger partial charge >= 0.3 is 0 Å². The molecule has 2 aliphatic heterocycles. The zero-order valence-corrected chi connectivity index (χ0v) is 27.1. The third-order valence-corrected chi connectivity index (χ3v) is 10.5. The van der Waals surface area contributed by atoms with Gasteiger partial charge in [0, 0.05) is 74.0 Å². The van der Waals surface area contributed by atoms with Crippen LogP contribution < -0.4 is 10.2 Å². The molecule has 4 heterocycles. The van der Waals surface area contributed by atoms with E-state index in [0.717, 1.165) is 22.2 Å². The average Bonchev–Trinajstić information content (AvgIpc) is 3.74. The Morgan fingerprint density at radius 3 is 2.46 bits per heavy atom. The number of fused-ring (bicyclic) bond motifs is 1. The highest BCUT2D eigenvalue weighted by Crippen LogP contribution is 2.36. The number of hydrogen-bond acceptors (Lipinski definition) is 8. The normalized spacial score (nSPS) is 18.4. The van der Waals surface area contributed by atoms with Gasteiger partial charge in [-0.15, -0.1) is 11.8 Å². The Morgan fingerprint density at radius 2 is 1.73 bits per heavy atom. The standard InChI is InChI=1S/C35H34F2N8O2S/c1-48-35(34(47)40-25-7-10-30-28(19-25)32(42-41-30)23-3-5-24(36)6-4-23)11-14-43(22-35)21-31(46)45-17-15-44(16-18-45)26-8-9-27(29(37)20-26)33-38-12-2-13-39-33/h2-10,12-13,19-20H,11,14-18,21-22H2,1H3,(H,40,47)(H,41,42)/t35-/m0/s1. The zero-order valence-electron chi connectivity index (χ0n) is 26.3. The van der Waals surface area contributed by atoms with Crippen molar-refractivity contribution < 1.29 is 18.4 Å². The summed E-state index contributed by atoms with van der Waals surface area (Å²) in [7, 11) is 0. The molecule has 7 rings (SSSR count). The Labute approximate surface area is 280 Å². The molecule has 48 heavy (non-hydrogen) atoms. The summed E-state index contributed by atoms with van der Waals surface area (Å²) in [4.78, 5) is 41.3. The number of likely N-dealkylation sites (tertiary alicyclic amines) is 1. The van der Waals surface area contributed by atoms with Gasteiger partial charge in [0.15, 0.2) is 5.82 Å². The van der Waals surface area contributed by atoms with Crippen molar-refractivity contribution in [3.8, 4) is 22.6 Å². The van der Waals surface area contributed by atoms with Crippen molar-refractivity contribution in [2.75, 3.05) is 62.3 Å². The van der Waals surface area contributed by atoms with Crippen LogP contribution in [-0.2, 0) is 9.59 Å². The van der Waals surface area contributed by atoms with Gasteiger partial charge in [0.1, 0.15) is 16.4 Å². The van der Waals surface area contributed by atoms with Gasteiger partial charge in [-0.2, -0.15) is 5.10 Å². The average molecular weight is 669 g/mol. The number of hydrogen-bond donors (Lipinski definition) is 2. The van der Waals surface area contributed by atoms with Crippen molar-refractivity contribution in [2.24, 2.45) is 0 Å².